The highest BCUT2D eigenvalue weighted by molar-refractivity contribution is 6.28. The van der Waals surface area contributed by atoms with Crippen LogP contribution in [-0.4, -0.2) is 31.4 Å². The molecule has 0 saturated carbocycles. The first-order valence-electron chi connectivity index (χ1n) is 6.62. The first-order valence-corrected chi connectivity index (χ1v) is 6.62. The van der Waals surface area contributed by atoms with Gasteiger partial charge in [-0.3, -0.25) is 9.59 Å². The molecule has 1 aliphatic carbocycles. The highest BCUT2D eigenvalue weighted by atomic mass is 16.7. The van der Waals surface area contributed by atoms with Gasteiger partial charge >= 0.3 is 5.97 Å². The number of esters is 1. The summed E-state index contributed by atoms with van der Waals surface area (Å²) in [6.45, 7) is -0.175. The normalized spacial score (nSPS) is 11.5. The molecule has 2 aromatic carbocycles. The number of methoxy groups -OCH3 is 1. The summed E-state index contributed by atoms with van der Waals surface area (Å²) in [5.41, 5.74) is 1.45. The molecule has 0 N–H and O–H groups in total. The number of carbonyl (C=O) groups excluding carboxylic acids is 3. The molecule has 5 nitrogen and oxygen atoms in total. The Bertz CT molecular complexity index is 792. The standard InChI is InChI=1S/C17H12O5.2CH4/c1-21-9-22-17(20)10-6-7-13-14(8-10)16(19)12-5-3-2-4-11(12)15(13)18;;/h2-8H,9H2,1H3;2*1H4. The zero-order valence-corrected chi connectivity index (χ0v) is 11.8. The van der Waals surface area contributed by atoms with Crippen molar-refractivity contribution in [1.82, 2.24) is 0 Å². The number of benzene rings is 2. The Hall–Kier alpha value is -2.79. The number of carbonyl (C=O) groups is 3. The van der Waals surface area contributed by atoms with Crippen LogP contribution in [0.25, 0.3) is 0 Å². The topological polar surface area (TPSA) is 69.7 Å². The van der Waals surface area contributed by atoms with Gasteiger partial charge in [-0.1, -0.05) is 39.1 Å². The van der Waals surface area contributed by atoms with Crippen LogP contribution in [0.1, 0.15) is 57.1 Å². The maximum atomic E-state index is 12.5. The summed E-state index contributed by atoms with van der Waals surface area (Å²) in [6.07, 6.45) is 0. The lowest BCUT2D eigenvalue weighted by atomic mass is 9.83. The molecule has 0 bridgehead atoms. The van der Waals surface area contributed by atoms with Crippen molar-refractivity contribution in [2.24, 2.45) is 0 Å². The Morgan fingerprint density at radius 1 is 0.875 bits per heavy atom. The van der Waals surface area contributed by atoms with E-state index in [4.69, 9.17) is 4.74 Å². The van der Waals surface area contributed by atoms with E-state index in [1.807, 2.05) is 0 Å². The molecule has 0 spiro atoms. The average Bonchev–Trinajstić information content (AvgIpc) is 2.57. The van der Waals surface area contributed by atoms with Crippen LogP contribution in [0.3, 0.4) is 0 Å². The van der Waals surface area contributed by atoms with Gasteiger partial charge in [-0.2, -0.15) is 0 Å². The molecular formula is C19H20O5. The van der Waals surface area contributed by atoms with E-state index in [1.165, 1.54) is 25.3 Å². The van der Waals surface area contributed by atoms with Crippen molar-refractivity contribution in [1.29, 1.82) is 0 Å². The van der Waals surface area contributed by atoms with Crippen molar-refractivity contribution >= 4 is 17.5 Å². The van der Waals surface area contributed by atoms with Crippen molar-refractivity contribution < 1.29 is 23.9 Å². The maximum Gasteiger partial charge on any atom is 0.340 e. The first kappa shape index (κ1) is 19.3. The molecular weight excluding hydrogens is 308 g/mol. The van der Waals surface area contributed by atoms with Gasteiger partial charge in [-0.05, 0) is 18.2 Å². The zero-order valence-electron chi connectivity index (χ0n) is 11.8. The van der Waals surface area contributed by atoms with Crippen LogP contribution in [0, 0.1) is 0 Å². The molecule has 0 atom stereocenters. The van der Waals surface area contributed by atoms with Crippen LogP contribution in [0.2, 0.25) is 0 Å². The molecule has 24 heavy (non-hydrogen) atoms. The molecule has 1 aliphatic rings. The maximum absolute atomic E-state index is 12.5. The largest absolute Gasteiger partial charge is 0.435 e. The molecule has 2 aromatic rings. The lowest BCUT2D eigenvalue weighted by Gasteiger charge is -2.17. The minimum absolute atomic E-state index is 0. The second-order valence-corrected chi connectivity index (χ2v) is 4.80. The summed E-state index contributed by atoms with van der Waals surface area (Å²) in [6, 6.07) is 11.0. The van der Waals surface area contributed by atoms with Gasteiger partial charge in [0, 0.05) is 29.4 Å². The van der Waals surface area contributed by atoms with Gasteiger partial charge in [0.2, 0.25) is 0 Å². The van der Waals surface area contributed by atoms with Gasteiger partial charge in [0.05, 0.1) is 5.56 Å². The van der Waals surface area contributed by atoms with E-state index in [1.54, 1.807) is 24.3 Å². The number of fused-ring (bicyclic) bond motifs is 2. The number of rotatable bonds is 3. The smallest absolute Gasteiger partial charge is 0.340 e. The van der Waals surface area contributed by atoms with E-state index >= 15 is 0 Å². The van der Waals surface area contributed by atoms with Gasteiger partial charge in [0.15, 0.2) is 18.4 Å². The van der Waals surface area contributed by atoms with Crippen LogP contribution in [0.4, 0.5) is 0 Å². The quantitative estimate of drug-likeness (QED) is 0.544. The van der Waals surface area contributed by atoms with Crippen molar-refractivity contribution in [3.05, 3.63) is 70.3 Å². The monoisotopic (exact) mass is 328 g/mol. The number of hydrogen-bond acceptors (Lipinski definition) is 5. The van der Waals surface area contributed by atoms with Crippen molar-refractivity contribution in [2.75, 3.05) is 13.9 Å². The van der Waals surface area contributed by atoms with Gasteiger partial charge in [-0.15, -0.1) is 0 Å². The average molecular weight is 328 g/mol. The fourth-order valence-corrected chi connectivity index (χ4v) is 2.42. The van der Waals surface area contributed by atoms with Gasteiger partial charge in [0.25, 0.3) is 0 Å². The Kier molecular flexibility index (Phi) is 6.14. The van der Waals surface area contributed by atoms with Crippen LogP contribution in [0.5, 0.6) is 0 Å². The van der Waals surface area contributed by atoms with Crippen molar-refractivity contribution in [2.45, 2.75) is 14.9 Å². The van der Waals surface area contributed by atoms with E-state index in [0.717, 1.165) is 0 Å². The van der Waals surface area contributed by atoms with Gasteiger partial charge in [-0.25, -0.2) is 4.79 Å². The Labute approximate surface area is 141 Å². The summed E-state index contributed by atoms with van der Waals surface area (Å²) < 4.78 is 9.51. The van der Waals surface area contributed by atoms with E-state index in [2.05, 4.69) is 4.74 Å². The Balaban J connectivity index is 0.00000144. The van der Waals surface area contributed by atoms with Gasteiger partial charge < -0.3 is 9.47 Å². The first-order chi connectivity index (χ1) is 10.6. The van der Waals surface area contributed by atoms with E-state index in [0.29, 0.717) is 16.7 Å². The predicted octanol–water partition coefficient (Wildman–Crippen LogP) is 3.49. The summed E-state index contributed by atoms with van der Waals surface area (Å²) >= 11 is 0. The molecule has 0 heterocycles. The zero-order chi connectivity index (χ0) is 15.7. The summed E-state index contributed by atoms with van der Waals surface area (Å²) in [5, 5.41) is 0. The van der Waals surface area contributed by atoms with Crippen molar-refractivity contribution in [3.63, 3.8) is 0 Å². The van der Waals surface area contributed by atoms with Crippen LogP contribution >= 0.6 is 0 Å². The number of hydrogen-bond donors (Lipinski definition) is 0. The third-order valence-electron chi connectivity index (χ3n) is 3.47. The SMILES string of the molecule is C.C.COCOC(=O)c1ccc2c(c1)C(=O)c1ccccc1C2=O. The molecule has 5 heteroatoms. The van der Waals surface area contributed by atoms with Crippen LogP contribution in [0.15, 0.2) is 42.5 Å². The van der Waals surface area contributed by atoms with E-state index in [-0.39, 0.29) is 44.3 Å². The lowest BCUT2D eigenvalue weighted by molar-refractivity contribution is -0.0125. The number of ether oxygens (including phenoxy) is 2. The minimum Gasteiger partial charge on any atom is -0.435 e. The highest BCUT2D eigenvalue weighted by Crippen LogP contribution is 2.27. The highest BCUT2D eigenvalue weighted by Gasteiger charge is 2.30. The molecule has 126 valence electrons. The molecule has 0 amide bonds. The molecule has 0 aliphatic heterocycles. The summed E-state index contributed by atoms with van der Waals surface area (Å²) in [7, 11) is 1.40. The summed E-state index contributed by atoms with van der Waals surface area (Å²) in [5.74, 6) is -1.10. The van der Waals surface area contributed by atoms with E-state index < -0.39 is 5.97 Å². The Morgan fingerprint density at radius 3 is 2.00 bits per heavy atom. The molecule has 0 saturated heterocycles. The van der Waals surface area contributed by atoms with Crippen LogP contribution < -0.4 is 0 Å². The Morgan fingerprint density at radius 2 is 1.42 bits per heavy atom. The van der Waals surface area contributed by atoms with Crippen molar-refractivity contribution in [3.8, 4) is 0 Å². The fraction of sp³-hybridized carbons (Fsp3) is 0.211. The molecule has 0 unspecified atom stereocenters. The molecule has 0 fully saturated rings. The third kappa shape index (κ3) is 3.12. The molecule has 3 rings (SSSR count). The fourth-order valence-electron chi connectivity index (χ4n) is 2.42. The van der Waals surface area contributed by atoms with Crippen LogP contribution in [-0.2, 0) is 9.47 Å². The predicted molar refractivity (Wildman–Crippen MR) is 90.5 cm³/mol. The second-order valence-electron chi connectivity index (χ2n) is 4.80. The van der Waals surface area contributed by atoms with E-state index in [9.17, 15) is 14.4 Å². The third-order valence-corrected chi connectivity index (χ3v) is 3.47. The van der Waals surface area contributed by atoms with Gasteiger partial charge in [0.1, 0.15) is 0 Å². The summed E-state index contributed by atoms with van der Waals surface area (Å²) in [4.78, 5) is 36.8. The molecule has 0 radical (unpaired) electrons. The second kappa shape index (κ2) is 7.66. The molecule has 0 aromatic heterocycles. The number of ketones is 2. The lowest BCUT2D eigenvalue weighted by Crippen LogP contribution is -2.21. The minimum atomic E-state index is -0.608.